The third-order valence-electron chi connectivity index (χ3n) is 5.59. The summed E-state index contributed by atoms with van der Waals surface area (Å²) >= 11 is 0. The van der Waals surface area contributed by atoms with E-state index in [-0.39, 0.29) is 11.7 Å². The van der Waals surface area contributed by atoms with E-state index < -0.39 is 0 Å². The van der Waals surface area contributed by atoms with Crippen molar-refractivity contribution in [2.24, 2.45) is 0 Å². The molecule has 4 rings (SSSR count). The Hall–Kier alpha value is -2.89. The van der Waals surface area contributed by atoms with E-state index in [0.717, 1.165) is 49.1 Å². The van der Waals surface area contributed by atoms with Gasteiger partial charge >= 0.3 is 0 Å². The van der Waals surface area contributed by atoms with Gasteiger partial charge in [-0.05, 0) is 41.1 Å². The van der Waals surface area contributed by atoms with Crippen LogP contribution < -0.4 is 5.32 Å². The summed E-state index contributed by atoms with van der Waals surface area (Å²) in [6, 6.07) is 19.4. The van der Waals surface area contributed by atoms with E-state index in [9.17, 15) is 9.90 Å². The van der Waals surface area contributed by atoms with Crippen molar-refractivity contribution in [2.75, 3.05) is 33.2 Å². The van der Waals surface area contributed by atoms with Gasteiger partial charge in [-0.25, -0.2) is 0 Å². The average molecular weight is 389 g/mol. The molecule has 29 heavy (non-hydrogen) atoms. The lowest BCUT2D eigenvalue weighted by Crippen LogP contribution is -2.43. The molecule has 5 nitrogen and oxygen atoms in total. The second kappa shape index (κ2) is 8.64. The first kappa shape index (κ1) is 19.4. The Balaban J connectivity index is 1.35. The molecule has 5 heteroatoms. The number of piperazine rings is 1. The molecule has 0 saturated carbocycles. The smallest absolute Gasteiger partial charge is 0.255 e. The Morgan fingerprint density at radius 2 is 1.55 bits per heavy atom. The van der Waals surface area contributed by atoms with E-state index in [4.69, 9.17) is 0 Å². The summed E-state index contributed by atoms with van der Waals surface area (Å²) < 4.78 is 0. The number of rotatable bonds is 5. The summed E-state index contributed by atoms with van der Waals surface area (Å²) in [5.41, 5.74) is 2.63. The number of aromatic hydroxyl groups is 1. The van der Waals surface area contributed by atoms with Crippen LogP contribution in [-0.4, -0.2) is 54.0 Å². The molecule has 1 aliphatic rings. The maximum absolute atomic E-state index is 12.6. The van der Waals surface area contributed by atoms with E-state index in [2.05, 4.69) is 46.4 Å². The van der Waals surface area contributed by atoms with Gasteiger partial charge in [-0.2, -0.15) is 0 Å². The molecule has 1 fully saturated rings. The van der Waals surface area contributed by atoms with Crippen LogP contribution in [0.5, 0.6) is 5.75 Å². The van der Waals surface area contributed by atoms with E-state index >= 15 is 0 Å². The van der Waals surface area contributed by atoms with Crippen molar-refractivity contribution < 1.29 is 9.90 Å². The zero-order valence-electron chi connectivity index (χ0n) is 16.8. The van der Waals surface area contributed by atoms with E-state index in [1.807, 2.05) is 24.3 Å². The summed E-state index contributed by atoms with van der Waals surface area (Å²) in [5.74, 6) is -0.265. The Labute approximate surface area is 171 Å². The topological polar surface area (TPSA) is 55.8 Å². The molecule has 0 aromatic heterocycles. The summed E-state index contributed by atoms with van der Waals surface area (Å²) in [4.78, 5) is 17.4. The van der Waals surface area contributed by atoms with Crippen LogP contribution in [0.1, 0.15) is 21.5 Å². The van der Waals surface area contributed by atoms with Gasteiger partial charge in [0.05, 0.1) is 5.56 Å². The molecule has 1 amide bonds. The van der Waals surface area contributed by atoms with Crippen molar-refractivity contribution in [3.8, 4) is 5.75 Å². The highest BCUT2D eigenvalue weighted by molar-refractivity contribution is 6.01. The molecular formula is C24H27N3O2. The van der Waals surface area contributed by atoms with Gasteiger partial charge < -0.3 is 15.3 Å². The second-order valence-corrected chi connectivity index (χ2v) is 7.80. The van der Waals surface area contributed by atoms with Gasteiger partial charge in [0.1, 0.15) is 5.75 Å². The first-order valence-corrected chi connectivity index (χ1v) is 10.1. The van der Waals surface area contributed by atoms with Gasteiger partial charge in [0.2, 0.25) is 0 Å². The van der Waals surface area contributed by atoms with Crippen LogP contribution in [0.15, 0.2) is 60.7 Å². The molecule has 3 aromatic rings. The number of amides is 1. The number of hydrogen-bond donors (Lipinski definition) is 2. The zero-order valence-corrected chi connectivity index (χ0v) is 16.8. The molecule has 1 aliphatic heterocycles. The molecule has 2 N–H and O–H groups in total. The fraction of sp³-hybridized carbons (Fsp3) is 0.292. The Morgan fingerprint density at radius 1 is 0.931 bits per heavy atom. The summed E-state index contributed by atoms with van der Waals surface area (Å²) in [5, 5.41) is 15.0. The van der Waals surface area contributed by atoms with Gasteiger partial charge in [-0.1, -0.05) is 48.5 Å². The number of nitrogens with zero attached hydrogens (tertiary/aromatic N) is 2. The minimum absolute atomic E-state index is 0.00345. The molecular weight excluding hydrogens is 362 g/mol. The van der Waals surface area contributed by atoms with Crippen LogP contribution in [-0.2, 0) is 13.1 Å². The van der Waals surface area contributed by atoms with Crippen LogP contribution in [0.2, 0.25) is 0 Å². The van der Waals surface area contributed by atoms with Crippen molar-refractivity contribution >= 4 is 16.7 Å². The van der Waals surface area contributed by atoms with Crippen LogP contribution in [0.25, 0.3) is 10.8 Å². The van der Waals surface area contributed by atoms with Crippen molar-refractivity contribution in [2.45, 2.75) is 13.1 Å². The number of benzene rings is 3. The molecule has 1 heterocycles. The van der Waals surface area contributed by atoms with E-state index in [0.29, 0.717) is 12.1 Å². The van der Waals surface area contributed by atoms with E-state index in [1.54, 1.807) is 12.1 Å². The maximum Gasteiger partial charge on any atom is 0.255 e. The number of carbonyl (C=O) groups excluding carboxylic acids is 1. The lowest BCUT2D eigenvalue weighted by molar-refractivity contribution is 0.0948. The molecule has 0 aliphatic carbocycles. The molecule has 0 unspecified atom stereocenters. The number of fused-ring (bicyclic) bond motifs is 1. The van der Waals surface area contributed by atoms with Gasteiger partial charge in [-0.3, -0.25) is 9.69 Å². The minimum Gasteiger partial charge on any atom is -0.507 e. The first-order valence-electron chi connectivity index (χ1n) is 10.1. The van der Waals surface area contributed by atoms with Gasteiger partial charge in [0.15, 0.2) is 0 Å². The summed E-state index contributed by atoms with van der Waals surface area (Å²) in [6.07, 6.45) is 0. The highest BCUT2D eigenvalue weighted by atomic mass is 16.3. The quantitative estimate of drug-likeness (QED) is 0.704. The molecule has 0 spiro atoms. The van der Waals surface area contributed by atoms with Gasteiger partial charge in [-0.15, -0.1) is 0 Å². The van der Waals surface area contributed by atoms with Crippen LogP contribution in [0.4, 0.5) is 0 Å². The Morgan fingerprint density at radius 3 is 2.24 bits per heavy atom. The summed E-state index contributed by atoms with van der Waals surface area (Å²) in [6.45, 7) is 5.83. The third kappa shape index (κ3) is 4.75. The van der Waals surface area contributed by atoms with Crippen molar-refractivity contribution in [3.05, 3.63) is 77.4 Å². The molecule has 0 bridgehead atoms. The van der Waals surface area contributed by atoms with Crippen LogP contribution >= 0.6 is 0 Å². The number of nitrogens with one attached hydrogen (secondary N) is 1. The fourth-order valence-electron chi connectivity index (χ4n) is 3.71. The second-order valence-electron chi connectivity index (χ2n) is 7.80. The van der Waals surface area contributed by atoms with Gasteiger partial charge in [0.25, 0.3) is 5.91 Å². The Kier molecular flexibility index (Phi) is 5.79. The van der Waals surface area contributed by atoms with Crippen LogP contribution in [0, 0.1) is 0 Å². The zero-order chi connectivity index (χ0) is 20.2. The maximum atomic E-state index is 12.6. The molecule has 0 radical (unpaired) electrons. The SMILES string of the molecule is CN1CCN(Cc2ccc(CNC(=O)c3cc4ccccc4cc3O)cc2)CC1. The van der Waals surface area contributed by atoms with Crippen molar-refractivity contribution in [3.63, 3.8) is 0 Å². The van der Waals surface area contributed by atoms with E-state index in [1.165, 1.54) is 5.56 Å². The minimum atomic E-state index is -0.269. The average Bonchev–Trinajstić information content (AvgIpc) is 2.74. The van der Waals surface area contributed by atoms with Crippen LogP contribution in [0.3, 0.4) is 0 Å². The normalized spacial score (nSPS) is 15.5. The lowest BCUT2D eigenvalue weighted by Gasteiger charge is -2.32. The number of likely N-dealkylation sites (N-methyl/N-ethyl adjacent to an activating group) is 1. The monoisotopic (exact) mass is 389 g/mol. The lowest BCUT2D eigenvalue weighted by atomic mass is 10.1. The summed E-state index contributed by atoms with van der Waals surface area (Å²) in [7, 11) is 2.16. The molecule has 0 atom stereocenters. The molecule has 1 saturated heterocycles. The predicted octanol–water partition coefficient (Wildman–Crippen LogP) is 3.22. The van der Waals surface area contributed by atoms with Gasteiger partial charge in [0, 0.05) is 39.3 Å². The highest BCUT2D eigenvalue weighted by Crippen LogP contribution is 2.25. The standard InChI is InChI=1S/C24H27N3O2/c1-26-10-12-27(13-11-26)17-19-8-6-18(7-9-19)16-25-24(29)22-14-20-4-2-3-5-21(20)15-23(22)28/h2-9,14-15,28H,10-13,16-17H2,1H3,(H,25,29). The first-order chi connectivity index (χ1) is 14.1. The molecule has 150 valence electrons. The van der Waals surface area contributed by atoms with Crippen molar-refractivity contribution in [1.82, 2.24) is 15.1 Å². The highest BCUT2D eigenvalue weighted by Gasteiger charge is 2.14. The largest absolute Gasteiger partial charge is 0.507 e. The fourth-order valence-corrected chi connectivity index (χ4v) is 3.71. The number of phenolic OH excluding ortho intramolecular Hbond substituents is 1. The third-order valence-corrected chi connectivity index (χ3v) is 5.59. The number of carbonyl (C=O) groups is 1. The predicted molar refractivity (Wildman–Crippen MR) is 116 cm³/mol. The van der Waals surface area contributed by atoms with Crippen molar-refractivity contribution in [1.29, 1.82) is 0 Å². The molecule has 3 aromatic carbocycles. The number of hydrogen-bond acceptors (Lipinski definition) is 4. The Bertz CT molecular complexity index is 993. The number of phenols is 1.